The highest BCUT2D eigenvalue weighted by atomic mass is 32.2. The van der Waals surface area contributed by atoms with E-state index in [2.05, 4.69) is 4.98 Å². The lowest BCUT2D eigenvalue weighted by Crippen LogP contribution is -2.13. The number of carbonyl (C=O) groups is 2. The summed E-state index contributed by atoms with van der Waals surface area (Å²) >= 11 is 2.91. The van der Waals surface area contributed by atoms with Crippen LogP contribution in [-0.2, 0) is 21.8 Å². The molecule has 3 N–H and O–H groups in total. The van der Waals surface area contributed by atoms with Gasteiger partial charge in [-0.2, -0.15) is 0 Å². The van der Waals surface area contributed by atoms with Gasteiger partial charge in [-0.1, -0.05) is 24.3 Å². The van der Waals surface area contributed by atoms with Gasteiger partial charge in [0, 0.05) is 16.7 Å². The summed E-state index contributed by atoms with van der Waals surface area (Å²) in [5.74, 6) is -0.156. The maximum absolute atomic E-state index is 10.7. The lowest BCUT2D eigenvalue weighted by atomic mass is 10.1. The van der Waals surface area contributed by atoms with Crippen molar-refractivity contribution in [2.24, 2.45) is 5.73 Å². The monoisotopic (exact) mass is 322 g/mol. The molecule has 0 saturated heterocycles. The molecular formula is C14H14N2O3S2. The Morgan fingerprint density at radius 2 is 2.00 bits per heavy atom. The van der Waals surface area contributed by atoms with Crippen LogP contribution in [0, 0.1) is 0 Å². The number of benzene rings is 1. The normalized spacial score (nSPS) is 10.5. The minimum atomic E-state index is -0.881. The van der Waals surface area contributed by atoms with Gasteiger partial charge in [0.25, 0.3) is 0 Å². The topological polar surface area (TPSA) is 93.3 Å². The molecule has 5 nitrogen and oxygen atoms in total. The van der Waals surface area contributed by atoms with E-state index in [1.165, 1.54) is 23.1 Å². The smallest absolute Gasteiger partial charge is 0.309 e. The van der Waals surface area contributed by atoms with Crippen molar-refractivity contribution in [3.8, 4) is 10.6 Å². The van der Waals surface area contributed by atoms with Crippen LogP contribution in [0.1, 0.15) is 11.3 Å². The number of carboxylic acid groups (broad SMARTS) is 1. The second-order valence-electron chi connectivity index (χ2n) is 4.37. The maximum Gasteiger partial charge on any atom is 0.309 e. The Morgan fingerprint density at radius 1 is 1.29 bits per heavy atom. The van der Waals surface area contributed by atoms with Crippen molar-refractivity contribution in [2.75, 3.05) is 5.75 Å². The van der Waals surface area contributed by atoms with E-state index in [4.69, 9.17) is 10.8 Å². The highest BCUT2D eigenvalue weighted by Crippen LogP contribution is 2.25. The third-order valence-electron chi connectivity index (χ3n) is 2.60. The number of nitrogens with zero attached hydrogens (tertiary/aromatic N) is 1. The SMILES string of the molecule is NC(=O)CSCc1ccc(-c2nc(CC(=O)O)cs2)cc1. The molecule has 2 rings (SSSR count). The molecule has 0 bridgehead atoms. The van der Waals surface area contributed by atoms with E-state index >= 15 is 0 Å². The van der Waals surface area contributed by atoms with Crippen molar-refractivity contribution in [1.29, 1.82) is 0 Å². The highest BCUT2D eigenvalue weighted by molar-refractivity contribution is 7.99. The summed E-state index contributed by atoms with van der Waals surface area (Å²) < 4.78 is 0. The number of amides is 1. The number of aromatic nitrogens is 1. The number of rotatable bonds is 7. The van der Waals surface area contributed by atoms with E-state index in [0.29, 0.717) is 11.4 Å². The van der Waals surface area contributed by atoms with E-state index in [1.807, 2.05) is 24.3 Å². The third-order valence-corrected chi connectivity index (χ3v) is 4.56. The highest BCUT2D eigenvalue weighted by Gasteiger charge is 2.08. The van der Waals surface area contributed by atoms with Gasteiger partial charge in [-0.15, -0.1) is 23.1 Å². The Bertz CT molecular complexity index is 638. The van der Waals surface area contributed by atoms with Gasteiger partial charge >= 0.3 is 5.97 Å². The van der Waals surface area contributed by atoms with Crippen LogP contribution in [0.15, 0.2) is 29.6 Å². The molecule has 0 radical (unpaired) electrons. The van der Waals surface area contributed by atoms with Gasteiger partial charge in [0.1, 0.15) is 5.01 Å². The van der Waals surface area contributed by atoms with Crippen molar-refractivity contribution < 1.29 is 14.7 Å². The molecular weight excluding hydrogens is 308 g/mol. The fourth-order valence-electron chi connectivity index (χ4n) is 1.69. The number of hydrogen-bond acceptors (Lipinski definition) is 5. The first-order valence-electron chi connectivity index (χ1n) is 6.16. The van der Waals surface area contributed by atoms with Crippen molar-refractivity contribution in [3.63, 3.8) is 0 Å². The molecule has 0 aliphatic heterocycles. The zero-order chi connectivity index (χ0) is 15.2. The molecule has 2 aromatic rings. The second-order valence-corrected chi connectivity index (χ2v) is 6.21. The molecule has 0 aliphatic rings. The number of carbonyl (C=O) groups excluding carboxylic acids is 1. The van der Waals surface area contributed by atoms with Gasteiger partial charge in [0.15, 0.2) is 0 Å². The number of aliphatic carboxylic acids is 1. The van der Waals surface area contributed by atoms with Gasteiger partial charge in [0.05, 0.1) is 17.9 Å². The zero-order valence-corrected chi connectivity index (χ0v) is 12.7. The van der Waals surface area contributed by atoms with Crippen LogP contribution in [0.5, 0.6) is 0 Å². The van der Waals surface area contributed by atoms with E-state index in [0.717, 1.165) is 21.9 Å². The van der Waals surface area contributed by atoms with Crippen LogP contribution < -0.4 is 5.73 Å². The Hall–Kier alpha value is -1.86. The summed E-state index contributed by atoms with van der Waals surface area (Å²) in [7, 11) is 0. The number of hydrogen-bond donors (Lipinski definition) is 2. The van der Waals surface area contributed by atoms with Crippen molar-refractivity contribution in [1.82, 2.24) is 4.98 Å². The largest absolute Gasteiger partial charge is 0.481 e. The molecule has 0 fully saturated rings. The van der Waals surface area contributed by atoms with Crippen molar-refractivity contribution >= 4 is 35.0 Å². The predicted molar refractivity (Wildman–Crippen MR) is 84.2 cm³/mol. The van der Waals surface area contributed by atoms with Crippen molar-refractivity contribution in [2.45, 2.75) is 12.2 Å². The lowest BCUT2D eigenvalue weighted by molar-refractivity contribution is -0.136. The fourth-order valence-corrected chi connectivity index (χ4v) is 3.25. The fraction of sp³-hybridized carbons (Fsp3) is 0.214. The molecule has 7 heteroatoms. The standard InChI is InChI=1S/C14H14N2O3S2/c15-12(17)8-20-6-9-1-3-10(4-2-9)14-16-11(7-21-14)5-13(18)19/h1-4,7H,5-6,8H2,(H2,15,17)(H,18,19). The molecule has 0 aliphatic carbocycles. The number of nitrogens with two attached hydrogens (primary N) is 1. The minimum Gasteiger partial charge on any atom is -0.481 e. The minimum absolute atomic E-state index is 0.0572. The Labute approximate surface area is 130 Å². The summed E-state index contributed by atoms with van der Waals surface area (Å²) in [6.45, 7) is 0. The van der Waals surface area contributed by atoms with E-state index in [9.17, 15) is 9.59 Å². The second kappa shape index (κ2) is 7.24. The molecule has 21 heavy (non-hydrogen) atoms. The van der Waals surface area contributed by atoms with Gasteiger partial charge < -0.3 is 10.8 Å². The lowest BCUT2D eigenvalue weighted by Gasteiger charge is -2.01. The van der Waals surface area contributed by atoms with Crippen LogP contribution >= 0.6 is 23.1 Å². The average Bonchev–Trinajstić information content (AvgIpc) is 2.87. The van der Waals surface area contributed by atoms with Gasteiger partial charge in [0.2, 0.25) is 5.91 Å². The molecule has 0 spiro atoms. The molecule has 1 heterocycles. The quantitative estimate of drug-likeness (QED) is 0.815. The zero-order valence-electron chi connectivity index (χ0n) is 11.1. The number of carboxylic acids is 1. The van der Waals surface area contributed by atoms with Crippen LogP contribution in [0.2, 0.25) is 0 Å². The van der Waals surface area contributed by atoms with Crippen LogP contribution in [0.4, 0.5) is 0 Å². The van der Waals surface area contributed by atoms with E-state index in [1.54, 1.807) is 5.38 Å². The van der Waals surface area contributed by atoms with Crippen LogP contribution in [0.25, 0.3) is 10.6 Å². The molecule has 0 unspecified atom stereocenters. The predicted octanol–water partition coefficient (Wildman–Crippen LogP) is 2.16. The molecule has 110 valence electrons. The van der Waals surface area contributed by atoms with Crippen LogP contribution in [-0.4, -0.2) is 27.7 Å². The van der Waals surface area contributed by atoms with E-state index in [-0.39, 0.29) is 12.3 Å². The number of primary amides is 1. The number of thioether (sulfide) groups is 1. The molecule has 1 amide bonds. The average molecular weight is 322 g/mol. The maximum atomic E-state index is 10.7. The van der Waals surface area contributed by atoms with Gasteiger partial charge in [-0.25, -0.2) is 4.98 Å². The Morgan fingerprint density at radius 3 is 2.62 bits per heavy atom. The summed E-state index contributed by atoms with van der Waals surface area (Å²) in [6, 6.07) is 7.84. The number of thiazole rings is 1. The Kier molecular flexibility index (Phi) is 5.35. The van der Waals surface area contributed by atoms with Crippen LogP contribution in [0.3, 0.4) is 0 Å². The first kappa shape index (κ1) is 15.5. The summed E-state index contributed by atoms with van der Waals surface area (Å²) in [5, 5.41) is 11.3. The van der Waals surface area contributed by atoms with Gasteiger partial charge in [-0.05, 0) is 5.56 Å². The third kappa shape index (κ3) is 4.87. The molecule has 0 saturated carbocycles. The summed E-state index contributed by atoms with van der Waals surface area (Å²) in [5.41, 5.74) is 7.72. The summed E-state index contributed by atoms with van der Waals surface area (Å²) in [6.07, 6.45) is -0.0572. The Balaban J connectivity index is 1.99. The molecule has 0 atom stereocenters. The van der Waals surface area contributed by atoms with E-state index < -0.39 is 5.97 Å². The first-order chi connectivity index (χ1) is 10.0. The van der Waals surface area contributed by atoms with Gasteiger partial charge in [-0.3, -0.25) is 9.59 Å². The first-order valence-corrected chi connectivity index (χ1v) is 8.19. The molecule has 1 aromatic carbocycles. The van der Waals surface area contributed by atoms with Crippen molar-refractivity contribution in [3.05, 3.63) is 40.9 Å². The molecule has 1 aromatic heterocycles. The summed E-state index contributed by atoms with van der Waals surface area (Å²) in [4.78, 5) is 25.6.